The van der Waals surface area contributed by atoms with Gasteiger partial charge in [-0.1, -0.05) is 12.1 Å². The van der Waals surface area contributed by atoms with Crippen LogP contribution in [0.5, 0.6) is 0 Å². The van der Waals surface area contributed by atoms with Crippen LogP contribution in [0.15, 0.2) is 54.7 Å². The summed E-state index contributed by atoms with van der Waals surface area (Å²) in [5.74, 6) is -2.49. The second kappa shape index (κ2) is 9.15. The van der Waals surface area contributed by atoms with Crippen molar-refractivity contribution in [3.63, 3.8) is 0 Å². The van der Waals surface area contributed by atoms with Crippen molar-refractivity contribution in [2.75, 3.05) is 23.7 Å². The zero-order valence-corrected chi connectivity index (χ0v) is 17.8. The minimum Gasteiger partial charge on any atom is -0.356 e. The SMILES string of the molecule is Cc1ccc(NC(=O)c2cc(F)ccc2NC(=O)c2ccc(C(=N)N3CCC3)cc2F)nc1. The second-order valence-corrected chi connectivity index (χ2v) is 7.70. The van der Waals surface area contributed by atoms with Crippen LogP contribution in [0.3, 0.4) is 0 Å². The third-order valence-electron chi connectivity index (χ3n) is 5.29. The Balaban J connectivity index is 1.53. The van der Waals surface area contributed by atoms with Crippen molar-refractivity contribution in [3.05, 3.63) is 88.6 Å². The number of carbonyl (C=O) groups is 2. The van der Waals surface area contributed by atoms with Gasteiger partial charge in [0.15, 0.2) is 0 Å². The lowest BCUT2D eigenvalue weighted by molar-refractivity contribution is 0.102. The number of hydrogen-bond acceptors (Lipinski definition) is 4. The lowest BCUT2D eigenvalue weighted by Crippen LogP contribution is -2.42. The molecule has 168 valence electrons. The highest BCUT2D eigenvalue weighted by molar-refractivity contribution is 6.12. The molecule has 3 aromatic rings. The molecule has 1 aromatic heterocycles. The summed E-state index contributed by atoms with van der Waals surface area (Å²) in [5.41, 5.74) is 0.895. The maximum atomic E-state index is 14.7. The smallest absolute Gasteiger partial charge is 0.259 e. The van der Waals surface area contributed by atoms with Crippen LogP contribution < -0.4 is 10.6 Å². The van der Waals surface area contributed by atoms with Gasteiger partial charge in [-0.25, -0.2) is 13.8 Å². The number of benzene rings is 2. The molecule has 4 rings (SSSR count). The normalized spacial score (nSPS) is 12.6. The standard InChI is InChI=1S/C24H21F2N5O2/c1-14-3-8-21(28-13-14)30-24(33)18-12-16(25)5-7-20(18)29-23(32)17-6-4-15(11-19(17)26)22(27)31-9-2-10-31/h3-8,11-13,27H,2,9-10H2,1H3,(H,29,32)(H,28,30,33). The molecule has 1 fully saturated rings. The first kappa shape index (κ1) is 22.1. The number of carbonyl (C=O) groups excluding carboxylic acids is 2. The van der Waals surface area contributed by atoms with E-state index in [4.69, 9.17) is 5.41 Å². The van der Waals surface area contributed by atoms with Crippen molar-refractivity contribution in [2.24, 2.45) is 0 Å². The molecule has 0 unspecified atom stereocenters. The highest BCUT2D eigenvalue weighted by atomic mass is 19.1. The molecule has 0 saturated carbocycles. The molecule has 2 aromatic carbocycles. The third-order valence-corrected chi connectivity index (χ3v) is 5.29. The minimum atomic E-state index is -0.802. The van der Waals surface area contributed by atoms with E-state index in [0.717, 1.165) is 43.3 Å². The number of nitrogens with one attached hydrogen (secondary N) is 3. The fraction of sp³-hybridized carbons (Fsp3) is 0.167. The van der Waals surface area contributed by atoms with E-state index in [0.29, 0.717) is 5.56 Å². The molecule has 33 heavy (non-hydrogen) atoms. The maximum absolute atomic E-state index is 14.7. The average molecular weight is 449 g/mol. The van der Waals surface area contributed by atoms with Crippen LogP contribution in [0.1, 0.15) is 38.3 Å². The van der Waals surface area contributed by atoms with Crippen molar-refractivity contribution < 1.29 is 18.4 Å². The zero-order valence-electron chi connectivity index (χ0n) is 17.8. The molecule has 1 aliphatic heterocycles. The predicted molar refractivity (Wildman–Crippen MR) is 121 cm³/mol. The Morgan fingerprint density at radius 1 is 0.970 bits per heavy atom. The molecule has 9 heteroatoms. The largest absolute Gasteiger partial charge is 0.356 e. The monoisotopic (exact) mass is 449 g/mol. The quantitative estimate of drug-likeness (QED) is 0.402. The Bertz CT molecular complexity index is 1240. The molecular weight excluding hydrogens is 428 g/mol. The summed E-state index contributed by atoms with van der Waals surface area (Å²) < 4.78 is 28.5. The van der Waals surface area contributed by atoms with Gasteiger partial charge in [0.25, 0.3) is 11.8 Å². The summed E-state index contributed by atoms with van der Waals surface area (Å²) in [6.45, 7) is 3.34. The van der Waals surface area contributed by atoms with Gasteiger partial charge in [-0.05, 0) is 55.3 Å². The average Bonchev–Trinajstić information content (AvgIpc) is 2.75. The van der Waals surface area contributed by atoms with Crippen LogP contribution in [0.4, 0.5) is 20.3 Å². The number of hydrogen-bond donors (Lipinski definition) is 3. The summed E-state index contributed by atoms with van der Waals surface area (Å²) in [6.07, 6.45) is 2.55. The van der Waals surface area contributed by atoms with Crippen LogP contribution in [-0.2, 0) is 0 Å². The van der Waals surface area contributed by atoms with Crippen LogP contribution in [0.2, 0.25) is 0 Å². The first-order valence-electron chi connectivity index (χ1n) is 10.3. The van der Waals surface area contributed by atoms with Gasteiger partial charge in [0, 0.05) is 24.8 Å². The fourth-order valence-electron chi connectivity index (χ4n) is 3.30. The molecule has 0 atom stereocenters. The number of anilines is 2. The number of amidine groups is 1. The Morgan fingerprint density at radius 3 is 2.36 bits per heavy atom. The van der Waals surface area contributed by atoms with E-state index in [1.165, 1.54) is 18.2 Å². The van der Waals surface area contributed by atoms with Gasteiger partial charge >= 0.3 is 0 Å². The van der Waals surface area contributed by atoms with Crippen molar-refractivity contribution >= 4 is 29.2 Å². The number of aryl methyl sites for hydroxylation is 1. The van der Waals surface area contributed by atoms with E-state index in [9.17, 15) is 18.4 Å². The van der Waals surface area contributed by atoms with Gasteiger partial charge in [0.1, 0.15) is 23.3 Å². The summed E-state index contributed by atoms with van der Waals surface area (Å²) in [7, 11) is 0. The third kappa shape index (κ3) is 4.87. The number of amides is 2. The molecule has 0 aliphatic carbocycles. The molecule has 3 N–H and O–H groups in total. The van der Waals surface area contributed by atoms with E-state index >= 15 is 0 Å². The van der Waals surface area contributed by atoms with Crippen molar-refractivity contribution in [3.8, 4) is 0 Å². The van der Waals surface area contributed by atoms with Gasteiger partial charge in [-0.15, -0.1) is 0 Å². The summed E-state index contributed by atoms with van der Waals surface area (Å²) in [6, 6.07) is 10.6. The molecule has 7 nitrogen and oxygen atoms in total. The van der Waals surface area contributed by atoms with E-state index in [-0.39, 0.29) is 28.5 Å². The number of rotatable bonds is 5. The van der Waals surface area contributed by atoms with E-state index in [1.54, 1.807) is 23.2 Å². The number of halogens is 2. The van der Waals surface area contributed by atoms with E-state index in [1.807, 2.05) is 6.92 Å². The van der Waals surface area contributed by atoms with Crippen LogP contribution in [0.25, 0.3) is 0 Å². The maximum Gasteiger partial charge on any atom is 0.259 e. The minimum absolute atomic E-state index is 0.0165. The fourth-order valence-corrected chi connectivity index (χ4v) is 3.30. The Morgan fingerprint density at radius 2 is 1.73 bits per heavy atom. The number of pyridine rings is 1. The summed E-state index contributed by atoms with van der Waals surface area (Å²) in [5, 5.41) is 13.1. The second-order valence-electron chi connectivity index (χ2n) is 7.70. The molecule has 0 bridgehead atoms. The van der Waals surface area contributed by atoms with Crippen molar-refractivity contribution in [1.82, 2.24) is 9.88 Å². The van der Waals surface area contributed by atoms with Gasteiger partial charge in [-0.3, -0.25) is 15.0 Å². The molecule has 2 amide bonds. The number of likely N-dealkylation sites (tertiary alicyclic amines) is 1. The van der Waals surface area contributed by atoms with Crippen LogP contribution >= 0.6 is 0 Å². The Hall–Kier alpha value is -4.14. The molecular formula is C24H21F2N5O2. The molecule has 1 aliphatic rings. The Labute approximate surface area is 189 Å². The molecule has 0 radical (unpaired) electrons. The Kier molecular flexibility index (Phi) is 6.12. The predicted octanol–water partition coefficient (Wildman–Crippen LogP) is 4.20. The van der Waals surface area contributed by atoms with Gasteiger partial charge < -0.3 is 15.5 Å². The van der Waals surface area contributed by atoms with Gasteiger partial charge in [0.05, 0.1) is 16.8 Å². The first-order chi connectivity index (χ1) is 15.8. The number of aromatic nitrogens is 1. The topological polar surface area (TPSA) is 98.2 Å². The molecule has 0 spiro atoms. The molecule has 2 heterocycles. The van der Waals surface area contributed by atoms with E-state index < -0.39 is 23.4 Å². The van der Waals surface area contributed by atoms with Crippen LogP contribution in [-0.4, -0.2) is 40.6 Å². The van der Waals surface area contributed by atoms with E-state index in [2.05, 4.69) is 15.6 Å². The van der Waals surface area contributed by atoms with Crippen molar-refractivity contribution in [2.45, 2.75) is 13.3 Å². The summed E-state index contributed by atoms with van der Waals surface area (Å²) >= 11 is 0. The molecule has 1 saturated heterocycles. The lowest BCUT2D eigenvalue weighted by atomic mass is 10.1. The highest BCUT2D eigenvalue weighted by Gasteiger charge is 2.22. The summed E-state index contributed by atoms with van der Waals surface area (Å²) in [4.78, 5) is 31.3. The van der Waals surface area contributed by atoms with Gasteiger partial charge in [-0.2, -0.15) is 0 Å². The zero-order chi connectivity index (χ0) is 23.5. The van der Waals surface area contributed by atoms with Gasteiger partial charge in [0.2, 0.25) is 0 Å². The van der Waals surface area contributed by atoms with Crippen LogP contribution in [0, 0.1) is 24.0 Å². The van der Waals surface area contributed by atoms with Crippen molar-refractivity contribution in [1.29, 1.82) is 5.41 Å². The number of nitrogens with zero attached hydrogens (tertiary/aromatic N) is 2. The highest BCUT2D eigenvalue weighted by Crippen LogP contribution is 2.21. The first-order valence-corrected chi connectivity index (χ1v) is 10.3. The lowest BCUT2D eigenvalue weighted by Gasteiger charge is -2.33.